The highest BCUT2D eigenvalue weighted by atomic mass is 15.1. The molecule has 1 aromatic rings. The monoisotopic (exact) mass is 160 g/mol. The molecule has 0 saturated heterocycles. The number of rotatable bonds is 0. The minimum Gasteiger partial charge on any atom is -0.323 e. The first-order chi connectivity index (χ1) is 5.92. The number of nitrogens with zero attached hydrogens (tertiary/aromatic N) is 1. The first kappa shape index (κ1) is 7.35. The number of benzene rings is 1. The highest BCUT2D eigenvalue weighted by Crippen LogP contribution is 2.20. The van der Waals surface area contributed by atoms with Crippen LogP contribution in [0.5, 0.6) is 0 Å². The zero-order valence-corrected chi connectivity index (χ0v) is 6.96. The Balaban J connectivity index is 2.51. The van der Waals surface area contributed by atoms with Crippen LogP contribution in [0, 0.1) is 0 Å². The molecule has 12 heavy (non-hydrogen) atoms. The van der Waals surface area contributed by atoms with E-state index in [1.54, 1.807) is 0 Å². The Bertz CT molecular complexity index is 315. The summed E-state index contributed by atoms with van der Waals surface area (Å²) in [5.74, 6) is 5.31. The first-order valence-corrected chi connectivity index (χ1v) is 4.27. The van der Waals surface area contributed by atoms with Crippen molar-refractivity contribution in [3.63, 3.8) is 0 Å². The average molecular weight is 160 g/mol. The van der Waals surface area contributed by atoms with Crippen LogP contribution in [0.2, 0.25) is 0 Å². The van der Waals surface area contributed by atoms with Crippen LogP contribution in [0.3, 0.4) is 0 Å². The molecule has 2 N–H and O–H groups in total. The Labute approximate surface area is 72.1 Å². The predicted molar refractivity (Wildman–Crippen MR) is 50.1 cm³/mol. The smallest absolute Gasteiger partial charge is 0.0675 e. The second kappa shape index (κ2) is 2.97. The number of fused-ring (bicyclic) bond motifs is 1. The quantitative estimate of drug-likeness (QED) is 0.455. The van der Waals surface area contributed by atoms with Gasteiger partial charge in [-0.25, -0.2) is 0 Å². The van der Waals surface area contributed by atoms with E-state index in [4.69, 9.17) is 5.84 Å². The van der Waals surface area contributed by atoms with Gasteiger partial charge in [0.05, 0.1) is 5.71 Å². The van der Waals surface area contributed by atoms with E-state index in [1.165, 1.54) is 17.5 Å². The molecular weight excluding hydrogens is 148 g/mol. The van der Waals surface area contributed by atoms with Gasteiger partial charge in [-0.2, -0.15) is 5.10 Å². The van der Waals surface area contributed by atoms with Crippen molar-refractivity contribution >= 4 is 5.71 Å². The Kier molecular flexibility index (Phi) is 1.82. The Morgan fingerprint density at radius 2 is 2.00 bits per heavy atom. The van der Waals surface area contributed by atoms with E-state index >= 15 is 0 Å². The third-order valence-corrected chi connectivity index (χ3v) is 2.34. The number of hydrogen-bond acceptors (Lipinski definition) is 2. The number of nitrogens with two attached hydrogens (primary N) is 1. The molecule has 0 unspecified atom stereocenters. The van der Waals surface area contributed by atoms with Crippen molar-refractivity contribution in [3.05, 3.63) is 35.4 Å². The third kappa shape index (κ3) is 1.09. The maximum atomic E-state index is 5.31. The summed E-state index contributed by atoms with van der Waals surface area (Å²) in [6.07, 6.45) is 3.36. The van der Waals surface area contributed by atoms with Crippen LogP contribution in [-0.4, -0.2) is 5.71 Å². The van der Waals surface area contributed by atoms with Crippen molar-refractivity contribution in [1.82, 2.24) is 0 Å². The molecule has 2 heteroatoms. The fraction of sp³-hybridized carbons (Fsp3) is 0.300. The van der Waals surface area contributed by atoms with Crippen LogP contribution >= 0.6 is 0 Å². The predicted octanol–water partition coefficient (Wildman–Crippen LogP) is 1.69. The minimum atomic E-state index is 1.02. The van der Waals surface area contributed by atoms with E-state index in [0.717, 1.165) is 18.6 Å². The van der Waals surface area contributed by atoms with Crippen LogP contribution in [0.15, 0.2) is 29.4 Å². The fourth-order valence-corrected chi connectivity index (χ4v) is 1.73. The molecule has 0 fully saturated rings. The van der Waals surface area contributed by atoms with E-state index < -0.39 is 0 Å². The van der Waals surface area contributed by atoms with Crippen LogP contribution in [0.25, 0.3) is 0 Å². The van der Waals surface area contributed by atoms with Gasteiger partial charge in [0.15, 0.2) is 0 Å². The van der Waals surface area contributed by atoms with Crippen molar-refractivity contribution in [2.24, 2.45) is 10.9 Å². The lowest BCUT2D eigenvalue weighted by Crippen LogP contribution is -2.13. The topological polar surface area (TPSA) is 38.4 Å². The Morgan fingerprint density at radius 3 is 2.83 bits per heavy atom. The van der Waals surface area contributed by atoms with E-state index in [-0.39, 0.29) is 0 Å². The van der Waals surface area contributed by atoms with Gasteiger partial charge in [-0.05, 0) is 24.8 Å². The normalized spacial score (nSPS) is 19.2. The fourth-order valence-electron chi connectivity index (χ4n) is 1.73. The lowest BCUT2D eigenvalue weighted by atomic mass is 9.90. The highest BCUT2D eigenvalue weighted by molar-refractivity contribution is 6.02. The summed E-state index contributed by atoms with van der Waals surface area (Å²) in [6, 6.07) is 8.35. The molecule has 0 aromatic heterocycles. The number of hydrogen-bond donors (Lipinski definition) is 1. The molecule has 2 rings (SSSR count). The minimum absolute atomic E-state index is 1.02. The van der Waals surface area contributed by atoms with E-state index in [2.05, 4.69) is 23.3 Å². The lowest BCUT2D eigenvalue weighted by Gasteiger charge is -2.16. The molecule has 0 heterocycles. The summed E-state index contributed by atoms with van der Waals surface area (Å²) in [6.45, 7) is 0. The van der Waals surface area contributed by atoms with Gasteiger partial charge >= 0.3 is 0 Å². The van der Waals surface area contributed by atoms with E-state index in [1.807, 2.05) is 6.07 Å². The van der Waals surface area contributed by atoms with Crippen LogP contribution < -0.4 is 5.84 Å². The molecule has 0 aliphatic heterocycles. The van der Waals surface area contributed by atoms with Crippen molar-refractivity contribution in [1.29, 1.82) is 0 Å². The van der Waals surface area contributed by atoms with Crippen LogP contribution in [0.4, 0.5) is 0 Å². The first-order valence-electron chi connectivity index (χ1n) is 4.27. The van der Waals surface area contributed by atoms with Gasteiger partial charge < -0.3 is 5.84 Å². The van der Waals surface area contributed by atoms with E-state index in [0.29, 0.717) is 0 Å². The Hall–Kier alpha value is -1.31. The molecule has 0 spiro atoms. The third-order valence-electron chi connectivity index (χ3n) is 2.34. The lowest BCUT2D eigenvalue weighted by molar-refractivity contribution is 0.835. The highest BCUT2D eigenvalue weighted by Gasteiger charge is 2.13. The largest absolute Gasteiger partial charge is 0.323 e. The number of aryl methyl sites for hydroxylation is 1. The van der Waals surface area contributed by atoms with Gasteiger partial charge in [0.1, 0.15) is 0 Å². The van der Waals surface area contributed by atoms with Crippen molar-refractivity contribution in [2.75, 3.05) is 0 Å². The zero-order valence-electron chi connectivity index (χ0n) is 6.96. The molecule has 1 aliphatic carbocycles. The van der Waals surface area contributed by atoms with Gasteiger partial charge in [0.2, 0.25) is 0 Å². The second-order valence-electron chi connectivity index (χ2n) is 3.09. The van der Waals surface area contributed by atoms with Crippen LogP contribution in [0.1, 0.15) is 24.0 Å². The molecule has 1 aromatic carbocycles. The van der Waals surface area contributed by atoms with Crippen molar-refractivity contribution in [3.8, 4) is 0 Å². The average Bonchev–Trinajstić information content (AvgIpc) is 2.17. The zero-order chi connectivity index (χ0) is 8.39. The summed E-state index contributed by atoms with van der Waals surface area (Å²) in [5, 5.41) is 3.81. The maximum absolute atomic E-state index is 5.31. The van der Waals surface area contributed by atoms with Crippen LogP contribution in [-0.2, 0) is 6.42 Å². The second-order valence-corrected chi connectivity index (χ2v) is 3.09. The van der Waals surface area contributed by atoms with Crippen molar-refractivity contribution < 1.29 is 0 Å². The number of hydrazone groups is 1. The van der Waals surface area contributed by atoms with Gasteiger partial charge in [-0.15, -0.1) is 0 Å². The summed E-state index contributed by atoms with van der Waals surface area (Å²) in [5.41, 5.74) is 3.68. The standard InChI is InChI=1S/C10H12N2/c11-12-10-7-3-5-8-4-1-2-6-9(8)10/h1-2,4,6H,3,5,7,11H2/b12-10+. The molecule has 0 radical (unpaired) electrons. The maximum Gasteiger partial charge on any atom is 0.0675 e. The molecule has 0 atom stereocenters. The Morgan fingerprint density at radius 1 is 1.17 bits per heavy atom. The van der Waals surface area contributed by atoms with Crippen molar-refractivity contribution in [2.45, 2.75) is 19.3 Å². The molecule has 0 saturated carbocycles. The summed E-state index contributed by atoms with van der Waals surface area (Å²) in [7, 11) is 0. The molecule has 1 aliphatic rings. The molecule has 62 valence electrons. The van der Waals surface area contributed by atoms with Gasteiger partial charge in [0, 0.05) is 5.56 Å². The summed E-state index contributed by atoms with van der Waals surface area (Å²) >= 11 is 0. The molecule has 0 amide bonds. The van der Waals surface area contributed by atoms with Gasteiger partial charge in [0.25, 0.3) is 0 Å². The molecule has 2 nitrogen and oxygen atoms in total. The SMILES string of the molecule is N/N=C1\CCCc2ccccc21. The van der Waals surface area contributed by atoms with Gasteiger partial charge in [-0.3, -0.25) is 0 Å². The van der Waals surface area contributed by atoms with Gasteiger partial charge in [-0.1, -0.05) is 24.3 Å². The molecule has 0 bridgehead atoms. The molecular formula is C10H12N2. The van der Waals surface area contributed by atoms with E-state index in [9.17, 15) is 0 Å². The summed E-state index contributed by atoms with van der Waals surface area (Å²) in [4.78, 5) is 0. The summed E-state index contributed by atoms with van der Waals surface area (Å²) < 4.78 is 0.